The fraction of sp³-hybridized carbons (Fsp3) is 0.214. The standard InChI is InChI=1S/C14H13NO5S/c1-8-3-4-11(15(18)19)12(5-8)20-7-10-6-13(14(16)17)21-9(10)2/h3-6H,7H2,1-2H3,(H,16,17). The van der Waals surface area contributed by atoms with E-state index in [0.717, 1.165) is 21.8 Å². The molecular formula is C14H13NO5S. The molecule has 110 valence electrons. The van der Waals surface area contributed by atoms with Gasteiger partial charge in [0.05, 0.1) is 4.92 Å². The molecule has 1 aromatic carbocycles. The van der Waals surface area contributed by atoms with Crippen molar-refractivity contribution < 1.29 is 19.6 Å². The Hall–Kier alpha value is -2.41. The molecule has 6 nitrogen and oxygen atoms in total. The first-order valence-electron chi connectivity index (χ1n) is 6.09. The molecule has 0 radical (unpaired) electrons. The number of benzene rings is 1. The lowest BCUT2D eigenvalue weighted by molar-refractivity contribution is -0.386. The molecule has 1 heterocycles. The molecule has 2 rings (SSSR count). The Morgan fingerprint density at radius 1 is 1.38 bits per heavy atom. The van der Waals surface area contributed by atoms with E-state index in [2.05, 4.69) is 0 Å². The monoisotopic (exact) mass is 307 g/mol. The molecule has 0 spiro atoms. The maximum absolute atomic E-state index is 11.0. The van der Waals surface area contributed by atoms with E-state index in [4.69, 9.17) is 9.84 Å². The number of hydrogen-bond acceptors (Lipinski definition) is 5. The summed E-state index contributed by atoms with van der Waals surface area (Å²) in [5.41, 5.74) is 1.46. The number of ether oxygens (including phenoxy) is 1. The van der Waals surface area contributed by atoms with Crippen molar-refractivity contribution in [2.45, 2.75) is 20.5 Å². The third kappa shape index (κ3) is 3.38. The van der Waals surface area contributed by atoms with E-state index in [0.29, 0.717) is 5.56 Å². The normalized spacial score (nSPS) is 10.4. The number of rotatable bonds is 5. The van der Waals surface area contributed by atoms with Gasteiger partial charge >= 0.3 is 11.7 Å². The fourth-order valence-electron chi connectivity index (χ4n) is 1.81. The average molecular weight is 307 g/mol. The molecule has 0 atom stereocenters. The molecule has 0 amide bonds. The Morgan fingerprint density at radius 3 is 2.67 bits per heavy atom. The van der Waals surface area contributed by atoms with Gasteiger partial charge in [-0.05, 0) is 31.5 Å². The van der Waals surface area contributed by atoms with Crippen molar-refractivity contribution in [1.82, 2.24) is 0 Å². The SMILES string of the molecule is Cc1ccc([N+](=O)[O-])c(OCc2cc(C(=O)O)sc2C)c1. The van der Waals surface area contributed by atoms with Gasteiger partial charge in [-0.3, -0.25) is 10.1 Å². The van der Waals surface area contributed by atoms with Crippen LogP contribution in [0, 0.1) is 24.0 Å². The number of hydrogen-bond donors (Lipinski definition) is 1. The fourth-order valence-corrected chi connectivity index (χ4v) is 2.68. The quantitative estimate of drug-likeness (QED) is 0.674. The van der Waals surface area contributed by atoms with Crippen LogP contribution in [-0.2, 0) is 6.61 Å². The summed E-state index contributed by atoms with van der Waals surface area (Å²) in [4.78, 5) is 22.4. The average Bonchev–Trinajstić information content (AvgIpc) is 2.77. The number of thiophene rings is 1. The van der Waals surface area contributed by atoms with Crippen molar-refractivity contribution in [1.29, 1.82) is 0 Å². The van der Waals surface area contributed by atoms with E-state index in [1.807, 2.05) is 6.92 Å². The van der Waals surface area contributed by atoms with Crippen LogP contribution in [0.1, 0.15) is 25.7 Å². The van der Waals surface area contributed by atoms with Gasteiger partial charge in [-0.2, -0.15) is 0 Å². The summed E-state index contributed by atoms with van der Waals surface area (Å²) in [6.07, 6.45) is 0. The second-order valence-electron chi connectivity index (χ2n) is 4.51. The summed E-state index contributed by atoms with van der Waals surface area (Å²) in [5.74, 6) is -0.807. The second kappa shape index (κ2) is 5.92. The molecule has 0 bridgehead atoms. The molecule has 0 aliphatic carbocycles. The predicted octanol–water partition coefficient (Wildman–Crippen LogP) is 3.55. The molecule has 0 fully saturated rings. The van der Waals surface area contributed by atoms with E-state index in [1.165, 1.54) is 12.1 Å². The molecule has 0 aliphatic heterocycles. The molecule has 0 saturated heterocycles. The molecule has 0 aliphatic rings. The van der Waals surface area contributed by atoms with Crippen molar-refractivity contribution in [2.24, 2.45) is 0 Å². The Balaban J connectivity index is 2.22. The molecule has 2 aromatic rings. The highest BCUT2D eigenvalue weighted by Gasteiger charge is 2.16. The predicted molar refractivity (Wildman–Crippen MR) is 78.2 cm³/mol. The van der Waals surface area contributed by atoms with Gasteiger partial charge in [0.2, 0.25) is 0 Å². The molecular weight excluding hydrogens is 294 g/mol. The minimum atomic E-state index is -0.990. The van der Waals surface area contributed by atoms with E-state index in [-0.39, 0.29) is 22.9 Å². The van der Waals surface area contributed by atoms with Gasteiger partial charge in [-0.15, -0.1) is 11.3 Å². The van der Waals surface area contributed by atoms with Crippen LogP contribution in [0.3, 0.4) is 0 Å². The maximum Gasteiger partial charge on any atom is 0.345 e. The zero-order chi connectivity index (χ0) is 15.6. The molecule has 7 heteroatoms. The lowest BCUT2D eigenvalue weighted by atomic mass is 10.2. The second-order valence-corrected chi connectivity index (χ2v) is 5.77. The van der Waals surface area contributed by atoms with E-state index < -0.39 is 10.9 Å². The Bertz CT molecular complexity index is 707. The topological polar surface area (TPSA) is 89.7 Å². The smallest absolute Gasteiger partial charge is 0.345 e. The number of nitrogens with zero attached hydrogens (tertiary/aromatic N) is 1. The summed E-state index contributed by atoms with van der Waals surface area (Å²) in [6, 6.07) is 6.17. The van der Waals surface area contributed by atoms with Crippen LogP contribution in [-0.4, -0.2) is 16.0 Å². The zero-order valence-electron chi connectivity index (χ0n) is 11.5. The van der Waals surface area contributed by atoms with Crippen LogP contribution in [0.25, 0.3) is 0 Å². The number of aromatic carboxylic acids is 1. The van der Waals surface area contributed by atoms with Crippen molar-refractivity contribution in [2.75, 3.05) is 0 Å². The highest BCUT2D eigenvalue weighted by atomic mass is 32.1. The maximum atomic E-state index is 11.0. The number of carbonyl (C=O) groups is 1. The first kappa shape index (κ1) is 15.0. The van der Waals surface area contributed by atoms with Gasteiger partial charge in [-0.25, -0.2) is 4.79 Å². The highest BCUT2D eigenvalue weighted by molar-refractivity contribution is 7.14. The Labute approximate surface area is 124 Å². The van der Waals surface area contributed by atoms with Gasteiger partial charge in [0.1, 0.15) is 11.5 Å². The minimum absolute atomic E-state index is 0.0971. The Morgan fingerprint density at radius 2 is 2.10 bits per heavy atom. The molecule has 0 unspecified atom stereocenters. The van der Waals surface area contributed by atoms with Gasteiger partial charge in [-0.1, -0.05) is 6.07 Å². The number of carboxylic acids is 1. The van der Waals surface area contributed by atoms with E-state index in [1.54, 1.807) is 19.1 Å². The van der Waals surface area contributed by atoms with Crippen LogP contribution >= 0.6 is 11.3 Å². The van der Waals surface area contributed by atoms with Gasteiger partial charge in [0.25, 0.3) is 0 Å². The molecule has 21 heavy (non-hydrogen) atoms. The van der Waals surface area contributed by atoms with Crippen LogP contribution in [0.2, 0.25) is 0 Å². The van der Waals surface area contributed by atoms with Crippen molar-refractivity contribution in [3.05, 3.63) is 55.3 Å². The summed E-state index contributed by atoms with van der Waals surface area (Å²) < 4.78 is 5.51. The summed E-state index contributed by atoms with van der Waals surface area (Å²) in [6.45, 7) is 3.70. The summed E-state index contributed by atoms with van der Waals surface area (Å²) in [5, 5.41) is 19.9. The first-order chi connectivity index (χ1) is 9.88. The van der Waals surface area contributed by atoms with Crippen molar-refractivity contribution >= 4 is 23.0 Å². The Kier molecular flexibility index (Phi) is 4.23. The largest absolute Gasteiger partial charge is 0.482 e. The minimum Gasteiger partial charge on any atom is -0.482 e. The van der Waals surface area contributed by atoms with Gasteiger partial charge in [0.15, 0.2) is 5.75 Å². The van der Waals surface area contributed by atoms with Crippen LogP contribution < -0.4 is 4.74 Å². The van der Waals surface area contributed by atoms with Crippen LogP contribution in [0.5, 0.6) is 5.75 Å². The van der Waals surface area contributed by atoms with Crippen molar-refractivity contribution in [3.8, 4) is 5.75 Å². The first-order valence-corrected chi connectivity index (χ1v) is 6.90. The number of nitro groups is 1. The van der Waals surface area contributed by atoms with Crippen LogP contribution in [0.15, 0.2) is 24.3 Å². The zero-order valence-corrected chi connectivity index (χ0v) is 12.3. The molecule has 0 saturated carbocycles. The van der Waals surface area contributed by atoms with Crippen LogP contribution in [0.4, 0.5) is 5.69 Å². The lowest BCUT2D eigenvalue weighted by Crippen LogP contribution is -2.00. The van der Waals surface area contributed by atoms with Crippen molar-refractivity contribution in [3.63, 3.8) is 0 Å². The molecule has 1 aromatic heterocycles. The highest BCUT2D eigenvalue weighted by Crippen LogP contribution is 2.30. The van der Waals surface area contributed by atoms with E-state index in [9.17, 15) is 14.9 Å². The summed E-state index contributed by atoms with van der Waals surface area (Å²) in [7, 11) is 0. The third-order valence-electron chi connectivity index (χ3n) is 2.93. The number of nitro benzene ring substituents is 1. The molecule has 1 N–H and O–H groups in total. The van der Waals surface area contributed by atoms with E-state index >= 15 is 0 Å². The van der Waals surface area contributed by atoms with Gasteiger partial charge < -0.3 is 9.84 Å². The van der Waals surface area contributed by atoms with Gasteiger partial charge in [0, 0.05) is 16.5 Å². The third-order valence-corrected chi connectivity index (χ3v) is 4.01. The number of aryl methyl sites for hydroxylation is 2. The lowest BCUT2D eigenvalue weighted by Gasteiger charge is -2.07. The summed E-state index contributed by atoms with van der Waals surface area (Å²) >= 11 is 1.16. The number of carboxylic acid groups (broad SMARTS) is 1.